The molecule has 0 bridgehead atoms. The molecule has 9 aromatic rings. The van der Waals surface area contributed by atoms with Crippen LogP contribution >= 0.6 is 0 Å². The zero-order valence-corrected chi connectivity index (χ0v) is 39.2. The highest BCUT2D eigenvalue weighted by Gasteiger charge is 2.48. The molecule has 64 heavy (non-hydrogen) atoms. The zero-order chi connectivity index (χ0) is 44.0. The van der Waals surface area contributed by atoms with Gasteiger partial charge in [0.1, 0.15) is 11.2 Å². The summed E-state index contributed by atoms with van der Waals surface area (Å²) < 4.78 is 10.3. The van der Waals surface area contributed by atoms with Crippen molar-refractivity contribution in [1.29, 1.82) is 0 Å². The van der Waals surface area contributed by atoms with Gasteiger partial charge in [0.2, 0.25) is 0 Å². The van der Waals surface area contributed by atoms with Gasteiger partial charge in [-0.05, 0) is 176 Å². The number of hydrogen-bond donors (Lipinski definition) is 0. The molecule has 0 saturated heterocycles. The summed E-state index contributed by atoms with van der Waals surface area (Å²) in [7, 11) is 0. The molecular weight excluding hydrogens is 775 g/mol. The highest BCUT2D eigenvalue weighted by atomic mass is 16.3. The number of aromatic nitrogens is 1. The maximum absolute atomic E-state index is 7.65. The van der Waals surface area contributed by atoms with Gasteiger partial charge >= 0.3 is 6.85 Å². The molecule has 4 heteroatoms. The van der Waals surface area contributed by atoms with E-state index in [-0.39, 0.29) is 28.5 Å². The minimum Gasteiger partial charge on any atom is -0.466 e. The van der Waals surface area contributed by atoms with Crippen LogP contribution in [0.3, 0.4) is 0 Å². The van der Waals surface area contributed by atoms with Crippen LogP contribution in [0.25, 0.3) is 65.8 Å². The lowest BCUT2D eigenvalue weighted by Crippen LogP contribution is -2.56. The average Bonchev–Trinajstić information content (AvgIpc) is 3.80. The Morgan fingerprint density at radius 1 is 0.531 bits per heavy atom. The maximum atomic E-state index is 7.65. The van der Waals surface area contributed by atoms with Gasteiger partial charge in [0, 0.05) is 44.1 Å². The molecule has 3 nitrogen and oxygen atoms in total. The fourth-order valence-corrected chi connectivity index (χ4v) is 13.1. The van der Waals surface area contributed by atoms with E-state index in [4.69, 9.17) is 4.42 Å². The lowest BCUT2D eigenvalue weighted by atomic mass is 9.47. The third-order valence-corrected chi connectivity index (χ3v) is 16.9. The molecule has 0 atom stereocenters. The number of para-hydroxylation sites is 1. The highest BCUT2D eigenvalue weighted by Crippen LogP contribution is 2.54. The van der Waals surface area contributed by atoms with Crippen molar-refractivity contribution in [2.45, 2.75) is 117 Å². The van der Waals surface area contributed by atoms with Gasteiger partial charge in [-0.1, -0.05) is 122 Å². The van der Waals surface area contributed by atoms with E-state index < -0.39 is 0 Å². The Hall–Kier alpha value is -6.00. The number of aryl methyl sites for hydroxylation is 2. The maximum Gasteiger partial charge on any atom is 0.375 e. The largest absolute Gasteiger partial charge is 0.466 e. The Kier molecular flexibility index (Phi) is 7.46. The van der Waals surface area contributed by atoms with E-state index in [0.717, 1.165) is 30.5 Å². The summed E-state index contributed by atoms with van der Waals surface area (Å²) in [6, 6.07) is 45.0. The molecule has 0 saturated carbocycles. The van der Waals surface area contributed by atoms with Crippen molar-refractivity contribution in [3.63, 3.8) is 0 Å². The van der Waals surface area contributed by atoms with Crippen molar-refractivity contribution in [3.05, 3.63) is 149 Å². The van der Waals surface area contributed by atoms with Crippen LogP contribution in [-0.2, 0) is 21.7 Å². The molecule has 13 rings (SSSR count). The summed E-state index contributed by atoms with van der Waals surface area (Å²) in [6.07, 6.45) is 4.66. The van der Waals surface area contributed by atoms with Crippen LogP contribution < -0.4 is 16.0 Å². The molecule has 2 aromatic heterocycles. The molecule has 0 spiro atoms. The Bertz CT molecular complexity index is 3530. The van der Waals surface area contributed by atoms with Crippen molar-refractivity contribution in [2.75, 3.05) is 4.90 Å². The van der Waals surface area contributed by atoms with Gasteiger partial charge in [-0.25, -0.2) is 0 Å². The number of fused-ring (bicyclic) bond motifs is 12. The molecule has 2 aliphatic heterocycles. The summed E-state index contributed by atoms with van der Waals surface area (Å²) in [5.74, 6) is 0. The van der Waals surface area contributed by atoms with Gasteiger partial charge in [-0.2, -0.15) is 0 Å². The van der Waals surface area contributed by atoms with Crippen LogP contribution in [0, 0.1) is 13.8 Å². The standard InChI is InChI=1S/C60H57BN2O/c1-34-15-13-16-35(2)52(34)38-28-43-41-20-14-19-40-42-27-36-17-11-12-18-37(36)29-49(42)63(54(40)41)61-53(43)50(30-38)62(39-21-22-45-46(31-39)58(5,6)24-23-57(45,3)4)55-44-32-47-48(33-51(44)64-56(55)61)60(9,10)26-25-59(47,7)8/h11-22,27-33H,23-26H2,1-10H3. The van der Waals surface area contributed by atoms with Crippen LogP contribution in [0.5, 0.6) is 0 Å². The van der Waals surface area contributed by atoms with Crippen LogP contribution in [0.15, 0.2) is 120 Å². The first-order valence-corrected chi connectivity index (χ1v) is 23.8. The monoisotopic (exact) mass is 832 g/mol. The van der Waals surface area contributed by atoms with E-state index >= 15 is 0 Å². The van der Waals surface area contributed by atoms with Gasteiger partial charge in [0.25, 0.3) is 0 Å². The Balaban J connectivity index is 1.22. The summed E-state index contributed by atoms with van der Waals surface area (Å²) in [4.78, 5) is 2.64. The van der Waals surface area contributed by atoms with E-state index in [1.54, 1.807) is 0 Å². The lowest BCUT2D eigenvalue weighted by molar-refractivity contribution is 0.332. The van der Waals surface area contributed by atoms with E-state index in [0.29, 0.717) is 0 Å². The van der Waals surface area contributed by atoms with E-state index in [1.807, 2.05) is 0 Å². The van der Waals surface area contributed by atoms with Gasteiger partial charge in [-0.15, -0.1) is 0 Å². The van der Waals surface area contributed by atoms with Crippen molar-refractivity contribution >= 4 is 78.6 Å². The van der Waals surface area contributed by atoms with E-state index in [1.165, 1.54) is 123 Å². The minimum absolute atomic E-state index is 0.0400. The van der Waals surface area contributed by atoms with E-state index in [2.05, 4.69) is 194 Å². The molecule has 0 radical (unpaired) electrons. The molecule has 2 aliphatic carbocycles. The first kappa shape index (κ1) is 38.5. The van der Waals surface area contributed by atoms with E-state index in [9.17, 15) is 0 Å². The van der Waals surface area contributed by atoms with Crippen LogP contribution in [0.4, 0.5) is 17.1 Å². The number of anilines is 3. The first-order valence-electron chi connectivity index (χ1n) is 23.8. The number of hydrogen-bond acceptors (Lipinski definition) is 2. The molecule has 7 aromatic carbocycles. The summed E-state index contributed by atoms with van der Waals surface area (Å²) in [5, 5.41) is 6.31. The second-order valence-corrected chi connectivity index (χ2v) is 22.7. The minimum atomic E-state index is -0.183. The lowest BCUT2D eigenvalue weighted by Gasteiger charge is -2.43. The normalized spacial score (nSPS) is 18.3. The van der Waals surface area contributed by atoms with Crippen LogP contribution in [0.1, 0.15) is 114 Å². The molecule has 316 valence electrons. The van der Waals surface area contributed by atoms with Gasteiger partial charge in [0.05, 0.1) is 5.69 Å². The highest BCUT2D eigenvalue weighted by molar-refractivity contribution is 6.89. The summed E-state index contributed by atoms with van der Waals surface area (Å²) >= 11 is 0. The fraction of sp³-hybridized carbons (Fsp3) is 0.300. The molecule has 4 heterocycles. The van der Waals surface area contributed by atoms with Gasteiger partial charge in [-0.3, -0.25) is 0 Å². The Morgan fingerprint density at radius 3 is 1.86 bits per heavy atom. The second-order valence-electron chi connectivity index (χ2n) is 22.7. The SMILES string of the molecule is Cc1cccc(C)c1-c1cc2c3c(c1)N(c1ccc4c(c1)C(C)(C)CCC4(C)C)c1c(oc4cc5c(cc14)C(C)(C)CCC5(C)C)B3n1c3cc4ccccc4cc3c3cccc-2c31. The fourth-order valence-electron chi connectivity index (χ4n) is 13.1. The van der Waals surface area contributed by atoms with Crippen LogP contribution in [0.2, 0.25) is 0 Å². The van der Waals surface area contributed by atoms with Crippen molar-refractivity contribution in [3.8, 4) is 22.3 Å². The number of nitrogens with zero attached hydrogens (tertiary/aromatic N) is 2. The predicted octanol–water partition coefficient (Wildman–Crippen LogP) is 15.1. The van der Waals surface area contributed by atoms with Crippen molar-refractivity contribution in [2.24, 2.45) is 0 Å². The molecule has 0 unspecified atom stereocenters. The number of benzene rings is 7. The topological polar surface area (TPSA) is 21.3 Å². The Labute approximate surface area is 378 Å². The summed E-state index contributed by atoms with van der Waals surface area (Å²) in [5.41, 5.74) is 23.3. The third-order valence-electron chi connectivity index (χ3n) is 16.9. The van der Waals surface area contributed by atoms with Crippen molar-refractivity contribution < 1.29 is 4.42 Å². The average molecular weight is 833 g/mol. The van der Waals surface area contributed by atoms with Crippen molar-refractivity contribution in [1.82, 2.24) is 4.48 Å². The Morgan fingerprint density at radius 2 is 1.16 bits per heavy atom. The smallest absolute Gasteiger partial charge is 0.375 e. The number of furan rings is 1. The number of rotatable bonds is 2. The third kappa shape index (κ3) is 5.00. The molecule has 0 N–H and O–H groups in total. The predicted molar refractivity (Wildman–Crippen MR) is 273 cm³/mol. The van der Waals surface area contributed by atoms with Crippen LogP contribution in [-0.4, -0.2) is 11.3 Å². The quantitative estimate of drug-likeness (QED) is 0.162. The molecule has 4 aliphatic rings. The van der Waals surface area contributed by atoms with Gasteiger partial charge < -0.3 is 13.8 Å². The second kappa shape index (κ2) is 12.4. The van der Waals surface area contributed by atoms with Gasteiger partial charge in [0.15, 0.2) is 0 Å². The summed E-state index contributed by atoms with van der Waals surface area (Å²) in [6.45, 7) is 23.9. The zero-order valence-electron chi connectivity index (χ0n) is 39.2. The molecule has 0 fully saturated rings. The first-order chi connectivity index (χ1) is 30.5. The molecule has 0 amide bonds. The molecular formula is C60H57BN2O.